The highest BCUT2D eigenvalue weighted by atomic mass is 16.2. The molecule has 1 aromatic carbocycles. The molecule has 0 radical (unpaired) electrons. The Hall–Kier alpha value is -1.77. The van der Waals surface area contributed by atoms with Crippen molar-refractivity contribution in [3.05, 3.63) is 42.1 Å². The molecule has 3 nitrogen and oxygen atoms in total. The number of hydrogen-bond donors (Lipinski definition) is 2. The molecule has 0 saturated heterocycles. The zero-order valence-corrected chi connectivity index (χ0v) is 10.8. The molecule has 0 atom stereocenters. The normalized spacial score (nSPS) is 16.1. The van der Waals surface area contributed by atoms with E-state index in [4.69, 9.17) is 0 Å². The number of rotatable bonds is 3. The highest BCUT2D eigenvalue weighted by molar-refractivity contribution is 5.89. The third-order valence-electron chi connectivity index (χ3n) is 3.29. The fourth-order valence-corrected chi connectivity index (χ4v) is 2.21. The number of nitrogens with one attached hydrogen (secondary N) is 2. The first-order valence-electron chi connectivity index (χ1n) is 6.55. The number of carbonyl (C=O) groups excluding carboxylic acids is 1. The van der Waals surface area contributed by atoms with Crippen LogP contribution in [-0.2, 0) is 0 Å². The third kappa shape index (κ3) is 3.91. The van der Waals surface area contributed by atoms with Gasteiger partial charge < -0.3 is 10.6 Å². The minimum absolute atomic E-state index is 0.187. The number of benzene rings is 1. The fourth-order valence-electron chi connectivity index (χ4n) is 2.21. The van der Waals surface area contributed by atoms with Crippen LogP contribution in [0.15, 0.2) is 36.5 Å². The van der Waals surface area contributed by atoms with Gasteiger partial charge in [-0.1, -0.05) is 36.6 Å². The van der Waals surface area contributed by atoms with Crippen molar-refractivity contribution >= 4 is 11.7 Å². The summed E-state index contributed by atoms with van der Waals surface area (Å²) >= 11 is 0. The van der Waals surface area contributed by atoms with Gasteiger partial charge in [0.1, 0.15) is 0 Å². The van der Waals surface area contributed by atoms with Gasteiger partial charge in [-0.15, -0.1) is 0 Å². The van der Waals surface area contributed by atoms with E-state index < -0.39 is 0 Å². The van der Waals surface area contributed by atoms with Crippen LogP contribution in [0.1, 0.15) is 31.2 Å². The molecule has 2 amide bonds. The number of hydrogen-bond acceptors (Lipinski definition) is 1. The number of carbonyl (C=O) groups is 1. The van der Waals surface area contributed by atoms with E-state index in [9.17, 15) is 4.79 Å². The Balaban J connectivity index is 1.76. The van der Waals surface area contributed by atoms with Crippen molar-refractivity contribution in [3.63, 3.8) is 0 Å². The maximum Gasteiger partial charge on any atom is 0.323 e. The van der Waals surface area contributed by atoms with Crippen LogP contribution in [0.3, 0.4) is 0 Å². The van der Waals surface area contributed by atoms with Gasteiger partial charge in [0.05, 0.1) is 0 Å². The number of aryl methyl sites for hydroxylation is 1. The van der Waals surface area contributed by atoms with Crippen molar-refractivity contribution in [1.82, 2.24) is 5.32 Å². The van der Waals surface area contributed by atoms with Crippen molar-refractivity contribution < 1.29 is 4.79 Å². The van der Waals surface area contributed by atoms with E-state index in [1.54, 1.807) is 6.20 Å². The summed E-state index contributed by atoms with van der Waals surface area (Å²) < 4.78 is 0. The van der Waals surface area contributed by atoms with E-state index >= 15 is 0 Å². The Labute approximate surface area is 108 Å². The lowest BCUT2D eigenvalue weighted by Gasteiger charge is -2.05. The largest absolute Gasteiger partial charge is 0.323 e. The molecule has 1 aliphatic carbocycles. The van der Waals surface area contributed by atoms with Gasteiger partial charge in [-0.05, 0) is 37.8 Å². The van der Waals surface area contributed by atoms with Gasteiger partial charge in [-0.2, -0.15) is 0 Å². The molecule has 1 fully saturated rings. The van der Waals surface area contributed by atoms with E-state index in [0.29, 0.717) is 5.92 Å². The third-order valence-corrected chi connectivity index (χ3v) is 3.29. The van der Waals surface area contributed by atoms with E-state index in [-0.39, 0.29) is 6.03 Å². The van der Waals surface area contributed by atoms with Crippen molar-refractivity contribution in [2.45, 2.75) is 32.6 Å². The van der Waals surface area contributed by atoms with Crippen molar-refractivity contribution in [2.24, 2.45) is 5.92 Å². The maximum atomic E-state index is 11.6. The molecule has 1 aromatic rings. The molecule has 2 N–H and O–H groups in total. The molecule has 0 aliphatic heterocycles. The van der Waals surface area contributed by atoms with Gasteiger partial charge in [-0.25, -0.2) is 4.79 Å². The molecule has 1 saturated carbocycles. The van der Waals surface area contributed by atoms with Crippen LogP contribution in [0, 0.1) is 12.8 Å². The fraction of sp³-hybridized carbons (Fsp3) is 0.400. The van der Waals surface area contributed by atoms with Gasteiger partial charge in [-0.3, -0.25) is 0 Å². The second kappa shape index (κ2) is 6.24. The minimum Gasteiger partial charge on any atom is -0.315 e. The molecule has 18 heavy (non-hydrogen) atoms. The van der Waals surface area contributed by atoms with E-state index in [2.05, 4.69) is 16.7 Å². The molecule has 1 aliphatic rings. The topological polar surface area (TPSA) is 41.1 Å². The molecular formula is C15H20N2O. The quantitative estimate of drug-likeness (QED) is 0.833. The molecule has 0 unspecified atom stereocenters. The van der Waals surface area contributed by atoms with Crippen molar-refractivity contribution in [1.29, 1.82) is 0 Å². The average Bonchev–Trinajstić information content (AvgIpc) is 2.85. The van der Waals surface area contributed by atoms with Gasteiger partial charge in [0.25, 0.3) is 0 Å². The molecule has 0 aromatic heterocycles. The molecule has 96 valence electrons. The molecule has 2 rings (SSSR count). The average molecular weight is 244 g/mol. The standard InChI is InChI=1S/C15H20N2O/c1-12-6-8-14(9-7-12)17-15(18)16-11-10-13-4-2-3-5-13/h6-11,13H,2-5H2,1H3,(H2,16,17,18)/b11-10+. The predicted octanol–water partition coefficient (Wildman–Crippen LogP) is 3.82. The van der Waals surface area contributed by atoms with E-state index in [0.717, 1.165) is 5.69 Å². The van der Waals surface area contributed by atoms with Gasteiger partial charge in [0.15, 0.2) is 0 Å². The summed E-state index contributed by atoms with van der Waals surface area (Å²) in [6.45, 7) is 2.02. The molecular weight excluding hydrogens is 224 g/mol. The van der Waals surface area contributed by atoms with Gasteiger partial charge >= 0.3 is 6.03 Å². The summed E-state index contributed by atoms with van der Waals surface area (Å²) in [4.78, 5) is 11.6. The van der Waals surface area contributed by atoms with Gasteiger partial charge in [0, 0.05) is 11.9 Å². The smallest absolute Gasteiger partial charge is 0.315 e. The lowest BCUT2D eigenvalue weighted by Crippen LogP contribution is -2.23. The lowest BCUT2D eigenvalue weighted by atomic mass is 10.1. The lowest BCUT2D eigenvalue weighted by molar-refractivity contribution is 0.255. The minimum atomic E-state index is -0.187. The molecule has 0 bridgehead atoms. The number of allylic oxidation sites excluding steroid dienone is 1. The van der Waals surface area contributed by atoms with E-state index in [1.165, 1.54) is 31.2 Å². The van der Waals surface area contributed by atoms with Crippen LogP contribution < -0.4 is 10.6 Å². The maximum absolute atomic E-state index is 11.6. The first kappa shape index (κ1) is 12.7. The summed E-state index contributed by atoms with van der Waals surface area (Å²) in [6, 6.07) is 7.56. The van der Waals surface area contributed by atoms with Crippen LogP contribution in [-0.4, -0.2) is 6.03 Å². The zero-order valence-electron chi connectivity index (χ0n) is 10.8. The molecule has 0 heterocycles. The first-order chi connectivity index (χ1) is 8.74. The van der Waals surface area contributed by atoms with Crippen LogP contribution in [0.25, 0.3) is 0 Å². The highest BCUT2D eigenvalue weighted by Gasteiger charge is 2.11. The number of amides is 2. The summed E-state index contributed by atoms with van der Waals surface area (Å²) in [7, 11) is 0. The summed E-state index contributed by atoms with van der Waals surface area (Å²) in [5.74, 6) is 0.643. The number of urea groups is 1. The Morgan fingerprint density at radius 1 is 1.22 bits per heavy atom. The predicted molar refractivity (Wildman–Crippen MR) is 74.4 cm³/mol. The molecule has 0 spiro atoms. The van der Waals surface area contributed by atoms with Crippen LogP contribution in [0.2, 0.25) is 0 Å². The second-order valence-electron chi connectivity index (χ2n) is 4.87. The second-order valence-corrected chi connectivity index (χ2v) is 4.87. The Morgan fingerprint density at radius 2 is 1.89 bits per heavy atom. The number of anilines is 1. The monoisotopic (exact) mass is 244 g/mol. The van der Waals surface area contributed by atoms with Crippen LogP contribution >= 0.6 is 0 Å². The summed E-state index contributed by atoms with van der Waals surface area (Å²) in [6.07, 6.45) is 8.98. The van der Waals surface area contributed by atoms with Gasteiger partial charge in [0.2, 0.25) is 0 Å². The highest BCUT2D eigenvalue weighted by Crippen LogP contribution is 2.25. The summed E-state index contributed by atoms with van der Waals surface area (Å²) in [5.41, 5.74) is 1.99. The first-order valence-corrected chi connectivity index (χ1v) is 6.55. The van der Waals surface area contributed by atoms with Crippen LogP contribution in [0.4, 0.5) is 10.5 Å². The zero-order chi connectivity index (χ0) is 12.8. The van der Waals surface area contributed by atoms with Crippen molar-refractivity contribution in [2.75, 3.05) is 5.32 Å². The Kier molecular flexibility index (Phi) is 4.40. The van der Waals surface area contributed by atoms with E-state index in [1.807, 2.05) is 31.2 Å². The van der Waals surface area contributed by atoms with Crippen LogP contribution in [0.5, 0.6) is 0 Å². The Morgan fingerprint density at radius 3 is 2.56 bits per heavy atom. The van der Waals surface area contributed by atoms with Crippen molar-refractivity contribution in [3.8, 4) is 0 Å². The summed E-state index contributed by atoms with van der Waals surface area (Å²) in [5, 5.41) is 5.54. The SMILES string of the molecule is Cc1ccc(NC(=O)N/C=C/C2CCCC2)cc1. The Bertz CT molecular complexity index is 417. The molecule has 3 heteroatoms.